The van der Waals surface area contributed by atoms with Gasteiger partial charge >= 0.3 is 0 Å². The molecule has 0 aliphatic rings. The summed E-state index contributed by atoms with van der Waals surface area (Å²) in [6.45, 7) is 4.73. The SMILES string of the molecule is CCC(C)Nc1nncc(NCCc2ccccc2F)n1. The van der Waals surface area contributed by atoms with Crippen molar-refractivity contribution in [2.75, 3.05) is 17.2 Å². The van der Waals surface area contributed by atoms with Crippen molar-refractivity contribution >= 4 is 11.8 Å². The summed E-state index contributed by atoms with van der Waals surface area (Å²) >= 11 is 0. The summed E-state index contributed by atoms with van der Waals surface area (Å²) in [6, 6.07) is 7.06. The fourth-order valence-electron chi connectivity index (χ4n) is 1.80. The molecule has 0 amide bonds. The van der Waals surface area contributed by atoms with Gasteiger partial charge in [0.1, 0.15) is 5.82 Å². The Bertz CT molecular complexity index is 575. The van der Waals surface area contributed by atoms with E-state index in [1.54, 1.807) is 18.3 Å². The molecule has 2 aromatic rings. The first-order valence-corrected chi connectivity index (χ1v) is 7.12. The Labute approximate surface area is 124 Å². The smallest absolute Gasteiger partial charge is 0.244 e. The highest BCUT2D eigenvalue weighted by molar-refractivity contribution is 5.37. The van der Waals surface area contributed by atoms with Crippen LogP contribution in [0, 0.1) is 5.82 Å². The standard InChI is InChI=1S/C15H20FN5/c1-3-11(2)19-15-20-14(10-18-21-15)17-9-8-12-6-4-5-7-13(12)16/h4-7,10-11H,3,8-9H2,1-2H3,(H2,17,19,20,21). The maximum atomic E-state index is 13.5. The molecule has 2 N–H and O–H groups in total. The minimum atomic E-state index is -0.181. The van der Waals surface area contributed by atoms with Crippen molar-refractivity contribution in [2.24, 2.45) is 0 Å². The Morgan fingerprint density at radius 3 is 2.86 bits per heavy atom. The number of hydrogen-bond acceptors (Lipinski definition) is 5. The van der Waals surface area contributed by atoms with Crippen molar-refractivity contribution in [3.05, 3.63) is 41.8 Å². The molecule has 1 aromatic carbocycles. The lowest BCUT2D eigenvalue weighted by atomic mass is 10.1. The predicted molar refractivity (Wildman–Crippen MR) is 81.8 cm³/mol. The highest BCUT2D eigenvalue weighted by atomic mass is 19.1. The zero-order valence-electron chi connectivity index (χ0n) is 12.3. The second-order valence-corrected chi connectivity index (χ2v) is 4.89. The molecule has 0 saturated heterocycles. The van der Waals surface area contributed by atoms with Gasteiger partial charge < -0.3 is 10.6 Å². The maximum absolute atomic E-state index is 13.5. The van der Waals surface area contributed by atoms with E-state index in [-0.39, 0.29) is 5.82 Å². The van der Waals surface area contributed by atoms with E-state index in [1.165, 1.54) is 6.07 Å². The van der Waals surface area contributed by atoms with Crippen LogP contribution in [0.3, 0.4) is 0 Å². The van der Waals surface area contributed by atoms with Gasteiger partial charge in [-0.15, -0.1) is 5.10 Å². The summed E-state index contributed by atoms with van der Waals surface area (Å²) < 4.78 is 13.5. The van der Waals surface area contributed by atoms with Gasteiger partial charge in [-0.3, -0.25) is 0 Å². The monoisotopic (exact) mass is 289 g/mol. The molecule has 1 aromatic heterocycles. The van der Waals surface area contributed by atoms with Crippen molar-refractivity contribution in [3.63, 3.8) is 0 Å². The Morgan fingerprint density at radius 2 is 2.10 bits per heavy atom. The first-order valence-electron chi connectivity index (χ1n) is 7.12. The van der Waals surface area contributed by atoms with E-state index in [0.717, 1.165) is 6.42 Å². The first kappa shape index (κ1) is 15.2. The Hall–Kier alpha value is -2.24. The van der Waals surface area contributed by atoms with Gasteiger partial charge in [0.15, 0.2) is 5.82 Å². The van der Waals surface area contributed by atoms with Crippen LogP contribution in [0.15, 0.2) is 30.5 Å². The van der Waals surface area contributed by atoms with Crippen LogP contribution in [-0.2, 0) is 6.42 Å². The first-order chi connectivity index (χ1) is 10.2. The van der Waals surface area contributed by atoms with Gasteiger partial charge in [-0.1, -0.05) is 25.1 Å². The number of hydrogen-bond donors (Lipinski definition) is 2. The summed E-state index contributed by atoms with van der Waals surface area (Å²) in [5.41, 5.74) is 0.685. The Morgan fingerprint density at radius 1 is 1.29 bits per heavy atom. The number of halogens is 1. The average molecular weight is 289 g/mol. The number of nitrogens with zero attached hydrogens (tertiary/aromatic N) is 3. The lowest BCUT2D eigenvalue weighted by Gasteiger charge is -2.11. The second-order valence-electron chi connectivity index (χ2n) is 4.89. The Kier molecular flexibility index (Phi) is 5.43. The van der Waals surface area contributed by atoms with Crippen LogP contribution in [0.25, 0.3) is 0 Å². The molecule has 1 unspecified atom stereocenters. The van der Waals surface area contributed by atoms with Gasteiger partial charge in [0.25, 0.3) is 0 Å². The van der Waals surface area contributed by atoms with Gasteiger partial charge in [0.2, 0.25) is 5.95 Å². The lowest BCUT2D eigenvalue weighted by molar-refractivity contribution is 0.610. The van der Waals surface area contributed by atoms with Crippen LogP contribution in [0.1, 0.15) is 25.8 Å². The number of rotatable bonds is 7. The molecule has 5 nitrogen and oxygen atoms in total. The summed E-state index contributed by atoms with van der Waals surface area (Å²) in [5, 5.41) is 14.1. The number of benzene rings is 1. The quantitative estimate of drug-likeness (QED) is 0.820. The van der Waals surface area contributed by atoms with Crippen molar-refractivity contribution in [1.82, 2.24) is 15.2 Å². The third kappa shape index (κ3) is 4.66. The number of aromatic nitrogens is 3. The van der Waals surface area contributed by atoms with E-state index in [0.29, 0.717) is 36.3 Å². The molecule has 21 heavy (non-hydrogen) atoms. The van der Waals surface area contributed by atoms with Gasteiger partial charge in [-0.05, 0) is 31.4 Å². The van der Waals surface area contributed by atoms with Crippen molar-refractivity contribution < 1.29 is 4.39 Å². The van der Waals surface area contributed by atoms with Crippen LogP contribution >= 0.6 is 0 Å². The molecular formula is C15H20FN5. The van der Waals surface area contributed by atoms with Crippen molar-refractivity contribution in [3.8, 4) is 0 Å². The number of anilines is 2. The van der Waals surface area contributed by atoms with Crippen molar-refractivity contribution in [1.29, 1.82) is 0 Å². The highest BCUT2D eigenvalue weighted by Crippen LogP contribution is 2.09. The topological polar surface area (TPSA) is 62.7 Å². The minimum absolute atomic E-state index is 0.181. The van der Waals surface area contributed by atoms with Crippen LogP contribution < -0.4 is 10.6 Å². The summed E-state index contributed by atoms with van der Waals surface area (Å²) in [5.74, 6) is 0.951. The predicted octanol–water partition coefficient (Wildman–Crippen LogP) is 2.88. The zero-order valence-corrected chi connectivity index (χ0v) is 12.3. The minimum Gasteiger partial charge on any atom is -0.368 e. The van der Waals surface area contributed by atoms with Crippen LogP contribution in [0.4, 0.5) is 16.2 Å². The molecule has 0 saturated carbocycles. The van der Waals surface area contributed by atoms with E-state index in [9.17, 15) is 4.39 Å². The molecule has 1 heterocycles. The highest BCUT2D eigenvalue weighted by Gasteiger charge is 2.04. The normalized spacial score (nSPS) is 12.0. The summed E-state index contributed by atoms with van der Waals surface area (Å²) in [6.07, 6.45) is 3.13. The third-order valence-corrected chi connectivity index (χ3v) is 3.20. The molecule has 0 bridgehead atoms. The molecule has 112 valence electrons. The van der Waals surface area contributed by atoms with Crippen LogP contribution in [-0.4, -0.2) is 27.8 Å². The third-order valence-electron chi connectivity index (χ3n) is 3.20. The van der Waals surface area contributed by atoms with E-state index >= 15 is 0 Å². The molecule has 0 fully saturated rings. The van der Waals surface area contributed by atoms with E-state index < -0.39 is 0 Å². The number of nitrogens with one attached hydrogen (secondary N) is 2. The molecule has 0 aliphatic carbocycles. The maximum Gasteiger partial charge on any atom is 0.244 e. The Balaban J connectivity index is 1.88. The van der Waals surface area contributed by atoms with Gasteiger partial charge in [-0.2, -0.15) is 10.1 Å². The van der Waals surface area contributed by atoms with Crippen LogP contribution in [0.2, 0.25) is 0 Å². The fourth-order valence-corrected chi connectivity index (χ4v) is 1.80. The molecule has 0 radical (unpaired) electrons. The zero-order chi connectivity index (χ0) is 15.1. The molecule has 0 spiro atoms. The largest absolute Gasteiger partial charge is 0.368 e. The van der Waals surface area contributed by atoms with Crippen LogP contribution in [0.5, 0.6) is 0 Å². The van der Waals surface area contributed by atoms with Crippen molar-refractivity contribution in [2.45, 2.75) is 32.7 Å². The summed E-state index contributed by atoms with van der Waals surface area (Å²) in [4.78, 5) is 4.32. The molecule has 0 aliphatic heterocycles. The summed E-state index contributed by atoms with van der Waals surface area (Å²) in [7, 11) is 0. The van der Waals surface area contributed by atoms with E-state index in [2.05, 4.69) is 39.7 Å². The van der Waals surface area contributed by atoms with Gasteiger partial charge in [0.05, 0.1) is 6.20 Å². The second kappa shape index (κ2) is 7.52. The average Bonchev–Trinajstić information content (AvgIpc) is 2.49. The fraction of sp³-hybridized carbons (Fsp3) is 0.400. The van der Waals surface area contributed by atoms with E-state index in [4.69, 9.17) is 0 Å². The van der Waals surface area contributed by atoms with Gasteiger partial charge in [0, 0.05) is 12.6 Å². The molecular weight excluding hydrogens is 269 g/mol. The molecule has 2 rings (SSSR count). The van der Waals surface area contributed by atoms with Gasteiger partial charge in [-0.25, -0.2) is 4.39 Å². The molecule has 6 heteroatoms. The lowest BCUT2D eigenvalue weighted by Crippen LogP contribution is -2.17. The molecule has 1 atom stereocenters. The van der Waals surface area contributed by atoms with E-state index in [1.807, 2.05) is 6.07 Å².